The molecule has 21 heavy (non-hydrogen) atoms. The fourth-order valence-corrected chi connectivity index (χ4v) is 3.30. The first-order valence-corrected chi connectivity index (χ1v) is 8.11. The van der Waals surface area contributed by atoms with Crippen molar-refractivity contribution in [1.82, 2.24) is 10.3 Å². The number of oxazole rings is 1. The molecule has 2 aromatic rings. The Bertz CT molecular complexity index is 516. The van der Waals surface area contributed by atoms with Crippen LogP contribution >= 0.6 is 11.8 Å². The third kappa shape index (κ3) is 4.33. The van der Waals surface area contributed by atoms with Gasteiger partial charge in [0.1, 0.15) is 6.26 Å². The van der Waals surface area contributed by atoms with Crippen LogP contribution in [0, 0.1) is 0 Å². The smallest absolute Gasteiger partial charge is 0.255 e. The largest absolute Gasteiger partial charge is 0.440 e. The van der Waals surface area contributed by atoms with E-state index in [0.29, 0.717) is 5.22 Å². The number of thioether (sulfide) groups is 1. The monoisotopic (exact) mass is 306 g/mol. The molecule has 0 amide bonds. The van der Waals surface area contributed by atoms with Crippen LogP contribution in [0.15, 0.2) is 52.4 Å². The van der Waals surface area contributed by atoms with Gasteiger partial charge in [0.15, 0.2) is 0 Å². The van der Waals surface area contributed by atoms with Gasteiger partial charge < -0.3 is 14.8 Å². The minimum Gasteiger partial charge on any atom is -0.440 e. The lowest BCUT2D eigenvalue weighted by Gasteiger charge is -2.35. The van der Waals surface area contributed by atoms with Crippen molar-refractivity contribution in [3.63, 3.8) is 0 Å². The van der Waals surface area contributed by atoms with Gasteiger partial charge in [0.2, 0.25) is 0 Å². The van der Waals surface area contributed by atoms with Crippen molar-refractivity contribution in [3.8, 4) is 0 Å². The number of aliphatic hydroxyl groups is 1. The lowest BCUT2D eigenvalue weighted by atomic mass is 9.87. The maximum atomic E-state index is 10.0. The molecule has 0 spiro atoms. The summed E-state index contributed by atoms with van der Waals surface area (Å²) in [4.78, 5) is 4.11. The van der Waals surface area contributed by atoms with E-state index in [1.54, 1.807) is 24.2 Å². The summed E-state index contributed by atoms with van der Waals surface area (Å²) in [6.07, 6.45) is 4.01. The summed E-state index contributed by atoms with van der Waals surface area (Å²) < 4.78 is 5.24. The minimum absolute atomic E-state index is 0.0569. The predicted octanol–water partition coefficient (Wildman–Crippen LogP) is 3.04. The van der Waals surface area contributed by atoms with E-state index in [4.69, 9.17) is 4.42 Å². The maximum absolute atomic E-state index is 10.0. The zero-order chi connectivity index (χ0) is 15.1. The standard InChI is InChI=1S/C16H22N2O2S/c1-13(2)18-16(12-19,14-6-4-3-5-7-14)8-11-21-15-17-9-10-20-15/h3-7,9-10,13,18-19H,8,11-12H2,1-2H3. The van der Waals surface area contributed by atoms with Crippen molar-refractivity contribution in [3.05, 3.63) is 48.4 Å². The highest BCUT2D eigenvalue weighted by atomic mass is 32.2. The average molecular weight is 306 g/mol. The summed E-state index contributed by atoms with van der Waals surface area (Å²) in [5.74, 6) is 0.815. The minimum atomic E-state index is -0.435. The van der Waals surface area contributed by atoms with Crippen molar-refractivity contribution in [2.75, 3.05) is 12.4 Å². The topological polar surface area (TPSA) is 58.3 Å². The van der Waals surface area contributed by atoms with Crippen LogP contribution in [0.2, 0.25) is 0 Å². The van der Waals surface area contributed by atoms with Gasteiger partial charge in [-0.05, 0) is 25.8 Å². The van der Waals surface area contributed by atoms with Crippen LogP contribution in [0.5, 0.6) is 0 Å². The molecule has 0 saturated heterocycles. The molecule has 0 fully saturated rings. The summed E-state index contributed by atoms with van der Waals surface area (Å²) in [6, 6.07) is 10.4. The zero-order valence-electron chi connectivity index (χ0n) is 12.5. The first-order valence-electron chi connectivity index (χ1n) is 7.13. The van der Waals surface area contributed by atoms with Crippen LogP contribution in [0.4, 0.5) is 0 Å². The highest BCUT2D eigenvalue weighted by molar-refractivity contribution is 7.99. The Labute approximate surface area is 130 Å². The Kier molecular flexibility index (Phi) is 5.85. The molecule has 1 atom stereocenters. The summed E-state index contributed by atoms with van der Waals surface area (Å²) in [5, 5.41) is 14.2. The number of hydrogen-bond acceptors (Lipinski definition) is 5. The van der Waals surface area contributed by atoms with Gasteiger partial charge in [-0.1, -0.05) is 42.1 Å². The first-order chi connectivity index (χ1) is 10.2. The normalized spacial score (nSPS) is 14.3. The molecule has 114 valence electrons. The van der Waals surface area contributed by atoms with E-state index in [2.05, 4.69) is 36.3 Å². The molecule has 2 N–H and O–H groups in total. The Morgan fingerprint density at radius 2 is 2.10 bits per heavy atom. The van der Waals surface area contributed by atoms with Crippen LogP contribution in [0.25, 0.3) is 0 Å². The van der Waals surface area contributed by atoms with E-state index in [1.165, 1.54) is 0 Å². The molecular weight excluding hydrogens is 284 g/mol. The van der Waals surface area contributed by atoms with Crippen molar-refractivity contribution in [2.24, 2.45) is 0 Å². The average Bonchev–Trinajstić information content (AvgIpc) is 3.00. The van der Waals surface area contributed by atoms with Crippen LogP contribution < -0.4 is 5.32 Å². The number of aromatic nitrogens is 1. The van der Waals surface area contributed by atoms with Gasteiger partial charge in [0, 0.05) is 11.8 Å². The molecule has 0 bridgehead atoms. The van der Waals surface area contributed by atoms with E-state index < -0.39 is 5.54 Å². The van der Waals surface area contributed by atoms with E-state index in [1.807, 2.05) is 18.2 Å². The number of benzene rings is 1. The van der Waals surface area contributed by atoms with Crippen LogP contribution in [-0.2, 0) is 5.54 Å². The molecule has 0 saturated carbocycles. The third-order valence-electron chi connectivity index (χ3n) is 3.33. The molecule has 1 unspecified atom stereocenters. The number of nitrogens with one attached hydrogen (secondary N) is 1. The number of nitrogens with zero attached hydrogens (tertiary/aromatic N) is 1. The molecule has 5 heteroatoms. The molecule has 0 aliphatic rings. The number of hydrogen-bond donors (Lipinski definition) is 2. The van der Waals surface area contributed by atoms with Gasteiger partial charge in [0.25, 0.3) is 5.22 Å². The molecule has 0 radical (unpaired) electrons. The highest BCUT2D eigenvalue weighted by Gasteiger charge is 2.31. The van der Waals surface area contributed by atoms with Crippen molar-refractivity contribution in [2.45, 2.75) is 37.1 Å². The summed E-state index contributed by atoms with van der Waals surface area (Å²) in [7, 11) is 0. The van der Waals surface area contributed by atoms with Gasteiger partial charge in [-0.3, -0.25) is 0 Å². The summed E-state index contributed by atoms with van der Waals surface area (Å²) in [6.45, 7) is 4.24. The van der Waals surface area contributed by atoms with Gasteiger partial charge >= 0.3 is 0 Å². The molecule has 1 aromatic heterocycles. The zero-order valence-corrected chi connectivity index (χ0v) is 13.3. The van der Waals surface area contributed by atoms with E-state index in [0.717, 1.165) is 17.7 Å². The van der Waals surface area contributed by atoms with Gasteiger partial charge in [-0.15, -0.1) is 0 Å². The lowest BCUT2D eigenvalue weighted by molar-refractivity contribution is 0.147. The summed E-state index contributed by atoms with van der Waals surface area (Å²) in [5.41, 5.74) is 0.670. The number of rotatable bonds is 8. The van der Waals surface area contributed by atoms with E-state index >= 15 is 0 Å². The van der Waals surface area contributed by atoms with Crippen LogP contribution in [0.1, 0.15) is 25.8 Å². The molecule has 0 aliphatic heterocycles. The van der Waals surface area contributed by atoms with E-state index in [-0.39, 0.29) is 12.6 Å². The third-order valence-corrected chi connectivity index (χ3v) is 4.18. The first kappa shape index (κ1) is 16.1. The quantitative estimate of drug-likeness (QED) is 0.734. The van der Waals surface area contributed by atoms with Crippen LogP contribution in [0.3, 0.4) is 0 Å². The Balaban J connectivity index is 2.11. The van der Waals surface area contributed by atoms with Crippen molar-refractivity contribution < 1.29 is 9.52 Å². The Morgan fingerprint density at radius 3 is 2.67 bits per heavy atom. The summed E-state index contributed by atoms with van der Waals surface area (Å²) >= 11 is 1.56. The fraction of sp³-hybridized carbons (Fsp3) is 0.438. The molecular formula is C16H22N2O2S. The second-order valence-corrected chi connectivity index (χ2v) is 6.35. The second kappa shape index (κ2) is 7.64. The Morgan fingerprint density at radius 1 is 1.33 bits per heavy atom. The molecule has 1 aromatic carbocycles. The number of aliphatic hydroxyl groups excluding tert-OH is 1. The van der Waals surface area contributed by atoms with Gasteiger partial charge in [0.05, 0.1) is 18.3 Å². The van der Waals surface area contributed by atoms with Crippen LogP contribution in [-0.4, -0.2) is 28.5 Å². The Hall–Kier alpha value is -1.30. The predicted molar refractivity (Wildman–Crippen MR) is 85.3 cm³/mol. The SMILES string of the molecule is CC(C)NC(CO)(CCSc1ncco1)c1ccccc1. The highest BCUT2D eigenvalue weighted by Crippen LogP contribution is 2.29. The molecule has 2 rings (SSSR count). The van der Waals surface area contributed by atoms with Crippen molar-refractivity contribution in [1.29, 1.82) is 0 Å². The lowest BCUT2D eigenvalue weighted by Crippen LogP contribution is -2.49. The van der Waals surface area contributed by atoms with Crippen molar-refractivity contribution >= 4 is 11.8 Å². The van der Waals surface area contributed by atoms with E-state index in [9.17, 15) is 5.11 Å². The molecule has 4 nitrogen and oxygen atoms in total. The van der Waals surface area contributed by atoms with Gasteiger partial charge in [-0.25, -0.2) is 4.98 Å². The molecule has 1 heterocycles. The van der Waals surface area contributed by atoms with Gasteiger partial charge in [-0.2, -0.15) is 0 Å². The second-order valence-electron chi connectivity index (χ2n) is 5.30. The fourth-order valence-electron chi connectivity index (χ4n) is 2.42. The maximum Gasteiger partial charge on any atom is 0.255 e. The molecule has 0 aliphatic carbocycles.